The second-order valence-corrected chi connectivity index (χ2v) is 6.23. The highest BCUT2D eigenvalue weighted by molar-refractivity contribution is 7.99. The third-order valence-corrected chi connectivity index (χ3v) is 4.27. The summed E-state index contributed by atoms with van der Waals surface area (Å²) < 4.78 is 30.9. The maximum Gasteiger partial charge on any atom is 0.243 e. The Kier molecular flexibility index (Phi) is 6.51. The topological polar surface area (TPSA) is 84.2 Å². The number of rotatable bonds is 7. The van der Waals surface area contributed by atoms with E-state index in [2.05, 4.69) is 15.8 Å². The molecule has 0 unspecified atom stereocenters. The molecule has 0 spiro atoms. The lowest BCUT2D eigenvalue weighted by molar-refractivity contribution is -0.122. The van der Waals surface area contributed by atoms with Crippen LogP contribution in [0.2, 0.25) is 0 Å². The van der Waals surface area contributed by atoms with Gasteiger partial charge in [0, 0.05) is 23.1 Å². The van der Waals surface area contributed by atoms with Crippen LogP contribution in [0, 0.1) is 25.5 Å². The van der Waals surface area contributed by atoms with Crippen molar-refractivity contribution in [3.05, 3.63) is 46.9 Å². The molecule has 0 aliphatic carbocycles. The second-order valence-electron chi connectivity index (χ2n) is 5.25. The number of halogens is 2. The number of hydrogen-bond acceptors (Lipinski definition) is 5. The van der Waals surface area contributed by atoms with Crippen molar-refractivity contribution in [3.63, 3.8) is 0 Å². The van der Waals surface area contributed by atoms with Crippen molar-refractivity contribution in [2.75, 3.05) is 17.6 Å². The zero-order valence-corrected chi connectivity index (χ0v) is 14.5. The minimum atomic E-state index is -1.06. The predicted molar refractivity (Wildman–Crippen MR) is 90.1 cm³/mol. The van der Waals surface area contributed by atoms with Crippen LogP contribution in [0.15, 0.2) is 22.7 Å². The smallest absolute Gasteiger partial charge is 0.243 e. The first kappa shape index (κ1) is 18.9. The van der Waals surface area contributed by atoms with Crippen LogP contribution in [0.4, 0.5) is 14.5 Å². The maximum atomic E-state index is 13.0. The van der Waals surface area contributed by atoms with Crippen LogP contribution in [-0.4, -0.2) is 29.3 Å². The highest BCUT2D eigenvalue weighted by Gasteiger charge is 2.11. The van der Waals surface area contributed by atoms with Crippen LogP contribution in [-0.2, 0) is 15.3 Å². The summed E-state index contributed by atoms with van der Waals surface area (Å²) in [7, 11) is 0. The molecule has 1 aromatic heterocycles. The van der Waals surface area contributed by atoms with E-state index in [0.717, 1.165) is 29.2 Å². The molecule has 0 atom stereocenters. The zero-order valence-electron chi connectivity index (χ0n) is 13.7. The number of aromatic nitrogens is 1. The van der Waals surface area contributed by atoms with E-state index in [9.17, 15) is 18.4 Å². The molecule has 2 amide bonds. The van der Waals surface area contributed by atoms with Gasteiger partial charge in [-0.1, -0.05) is 5.16 Å². The number of thioether (sulfide) groups is 1. The van der Waals surface area contributed by atoms with E-state index in [0.29, 0.717) is 5.75 Å². The van der Waals surface area contributed by atoms with E-state index in [-0.39, 0.29) is 23.9 Å². The molecule has 0 saturated heterocycles. The molecule has 0 radical (unpaired) electrons. The number of amides is 2. The van der Waals surface area contributed by atoms with E-state index in [1.54, 1.807) is 6.92 Å². The first-order valence-corrected chi connectivity index (χ1v) is 8.53. The average molecular weight is 369 g/mol. The number of nitrogens with one attached hydrogen (secondary N) is 2. The van der Waals surface area contributed by atoms with E-state index in [4.69, 9.17) is 4.52 Å². The van der Waals surface area contributed by atoms with E-state index in [1.165, 1.54) is 17.8 Å². The molecule has 6 nitrogen and oxygen atoms in total. The van der Waals surface area contributed by atoms with Crippen LogP contribution in [0.3, 0.4) is 0 Å². The summed E-state index contributed by atoms with van der Waals surface area (Å²) in [4.78, 5) is 23.4. The summed E-state index contributed by atoms with van der Waals surface area (Å²) in [6.07, 6.45) is 0. The second kappa shape index (κ2) is 8.61. The lowest BCUT2D eigenvalue weighted by Gasteiger charge is -2.07. The number of carbonyl (C=O) groups is 2. The summed E-state index contributed by atoms with van der Waals surface area (Å²) in [5.41, 5.74) is 1.86. The molecule has 2 aromatic rings. The molecular weight excluding hydrogens is 352 g/mol. The van der Waals surface area contributed by atoms with Gasteiger partial charge in [0.1, 0.15) is 5.76 Å². The molecule has 0 saturated carbocycles. The van der Waals surface area contributed by atoms with Gasteiger partial charge in [0.05, 0.1) is 18.0 Å². The fourth-order valence-electron chi connectivity index (χ4n) is 1.96. The minimum Gasteiger partial charge on any atom is -0.361 e. The molecule has 0 fully saturated rings. The fourth-order valence-corrected chi connectivity index (χ4v) is 2.97. The lowest BCUT2D eigenvalue weighted by atomic mass is 10.2. The van der Waals surface area contributed by atoms with Crippen LogP contribution in [0.5, 0.6) is 0 Å². The quantitative estimate of drug-likeness (QED) is 0.784. The van der Waals surface area contributed by atoms with E-state index < -0.39 is 17.5 Å². The third-order valence-electron chi connectivity index (χ3n) is 3.31. The Labute approximate surface area is 147 Å². The number of anilines is 1. The molecule has 1 heterocycles. The first-order valence-electron chi connectivity index (χ1n) is 7.38. The van der Waals surface area contributed by atoms with Gasteiger partial charge >= 0.3 is 0 Å². The van der Waals surface area contributed by atoms with Gasteiger partial charge in [-0.2, -0.15) is 0 Å². The molecular formula is C16H17F2N3O3S. The van der Waals surface area contributed by atoms with Crippen molar-refractivity contribution in [2.24, 2.45) is 0 Å². The lowest BCUT2D eigenvalue weighted by Crippen LogP contribution is -2.33. The normalized spacial score (nSPS) is 10.6. The molecule has 0 aliphatic rings. The fraction of sp³-hybridized carbons (Fsp3) is 0.312. The summed E-state index contributed by atoms with van der Waals surface area (Å²) >= 11 is 1.37. The Morgan fingerprint density at radius 2 is 1.96 bits per heavy atom. The Balaban J connectivity index is 1.70. The van der Waals surface area contributed by atoms with Crippen molar-refractivity contribution in [1.82, 2.24) is 10.5 Å². The van der Waals surface area contributed by atoms with Gasteiger partial charge in [0.2, 0.25) is 11.8 Å². The standard InChI is InChI=1S/C16H17F2N3O3S/c1-9-12(10(2)24-21-9)7-25-8-16(23)19-6-15(22)20-11-3-4-13(17)14(18)5-11/h3-5H,6-8H2,1-2H3,(H,19,23)(H,20,22). The highest BCUT2D eigenvalue weighted by Crippen LogP contribution is 2.19. The van der Waals surface area contributed by atoms with Crippen molar-refractivity contribution >= 4 is 29.3 Å². The average Bonchev–Trinajstić information content (AvgIpc) is 2.88. The van der Waals surface area contributed by atoms with Crippen LogP contribution >= 0.6 is 11.8 Å². The highest BCUT2D eigenvalue weighted by atomic mass is 32.2. The predicted octanol–water partition coefficient (Wildman–Crippen LogP) is 2.56. The minimum absolute atomic E-state index is 0.117. The Bertz CT molecular complexity index is 760. The van der Waals surface area contributed by atoms with Crippen LogP contribution in [0.1, 0.15) is 17.0 Å². The van der Waals surface area contributed by atoms with Gasteiger partial charge in [-0.25, -0.2) is 8.78 Å². The van der Waals surface area contributed by atoms with Gasteiger partial charge in [-0.3, -0.25) is 9.59 Å². The van der Waals surface area contributed by atoms with Gasteiger partial charge in [-0.05, 0) is 26.0 Å². The van der Waals surface area contributed by atoms with Crippen LogP contribution in [0.25, 0.3) is 0 Å². The first-order chi connectivity index (χ1) is 11.9. The zero-order chi connectivity index (χ0) is 18.4. The number of hydrogen-bond donors (Lipinski definition) is 2. The molecule has 2 rings (SSSR count). The summed E-state index contributed by atoms with van der Waals surface area (Å²) in [6, 6.07) is 3.01. The maximum absolute atomic E-state index is 13.0. The third kappa shape index (κ3) is 5.56. The van der Waals surface area contributed by atoms with Gasteiger partial charge in [0.15, 0.2) is 11.6 Å². The number of benzene rings is 1. The van der Waals surface area contributed by atoms with Crippen LogP contribution < -0.4 is 10.6 Å². The Morgan fingerprint density at radius 3 is 2.60 bits per heavy atom. The molecule has 134 valence electrons. The van der Waals surface area contributed by atoms with E-state index >= 15 is 0 Å². The van der Waals surface area contributed by atoms with Gasteiger partial charge < -0.3 is 15.2 Å². The van der Waals surface area contributed by atoms with Gasteiger partial charge in [-0.15, -0.1) is 11.8 Å². The number of carbonyl (C=O) groups excluding carboxylic acids is 2. The van der Waals surface area contributed by atoms with Crippen molar-refractivity contribution in [3.8, 4) is 0 Å². The Morgan fingerprint density at radius 1 is 1.20 bits per heavy atom. The largest absolute Gasteiger partial charge is 0.361 e. The molecule has 0 bridgehead atoms. The molecule has 0 aliphatic heterocycles. The SMILES string of the molecule is Cc1noc(C)c1CSCC(=O)NCC(=O)Nc1ccc(F)c(F)c1. The van der Waals surface area contributed by atoms with E-state index in [1.807, 2.05) is 6.92 Å². The molecule has 2 N–H and O–H groups in total. The van der Waals surface area contributed by atoms with Crippen molar-refractivity contribution < 1.29 is 22.9 Å². The van der Waals surface area contributed by atoms with Gasteiger partial charge in [0.25, 0.3) is 0 Å². The summed E-state index contributed by atoms with van der Waals surface area (Å²) in [6.45, 7) is 3.37. The number of aryl methyl sites for hydroxylation is 2. The summed E-state index contributed by atoms with van der Waals surface area (Å²) in [5, 5.41) is 8.66. The molecule has 1 aromatic carbocycles. The van der Waals surface area contributed by atoms with Crippen molar-refractivity contribution in [1.29, 1.82) is 0 Å². The number of nitrogens with zero attached hydrogens (tertiary/aromatic N) is 1. The molecule has 25 heavy (non-hydrogen) atoms. The monoisotopic (exact) mass is 369 g/mol. The van der Waals surface area contributed by atoms with Crippen molar-refractivity contribution in [2.45, 2.75) is 19.6 Å². The molecule has 9 heteroatoms. The summed E-state index contributed by atoms with van der Waals surface area (Å²) in [5.74, 6) is -1.43. The Hall–Kier alpha value is -2.42.